The molecule has 1 saturated heterocycles. The average Bonchev–Trinajstić information content (AvgIpc) is 2.61. The highest BCUT2D eigenvalue weighted by Gasteiger charge is 2.35. The zero-order valence-corrected chi connectivity index (χ0v) is 14.7. The molecule has 24 heavy (non-hydrogen) atoms. The van der Waals surface area contributed by atoms with Crippen molar-refractivity contribution in [3.8, 4) is 0 Å². The molecule has 0 aromatic heterocycles. The van der Waals surface area contributed by atoms with Gasteiger partial charge in [0.05, 0.1) is 10.6 Å². The number of rotatable bonds is 4. The highest BCUT2D eigenvalue weighted by molar-refractivity contribution is 6.33. The van der Waals surface area contributed by atoms with Crippen LogP contribution in [0.1, 0.15) is 55.3 Å². The molecular weight excluding hydrogens is 324 g/mol. The molecule has 2 aliphatic rings. The molecule has 130 valence electrons. The van der Waals surface area contributed by atoms with Gasteiger partial charge in [0, 0.05) is 25.6 Å². The monoisotopic (exact) mass is 348 g/mol. The van der Waals surface area contributed by atoms with Crippen molar-refractivity contribution in [1.29, 1.82) is 0 Å². The summed E-state index contributed by atoms with van der Waals surface area (Å²) in [5.41, 5.74) is 0.455. The quantitative estimate of drug-likeness (QED) is 0.903. The predicted molar refractivity (Wildman–Crippen MR) is 95.1 cm³/mol. The van der Waals surface area contributed by atoms with E-state index in [1.807, 2.05) is 0 Å². The first-order valence-electron chi connectivity index (χ1n) is 8.99. The van der Waals surface area contributed by atoms with Crippen molar-refractivity contribution in [3.05, 3.63) is 34.9 Å². The first-order chi connectivity index (χ1) is 11.7. The number of piperidine rings is 1. The molecule has 1 aliphatic carbocycles. The van der Waals surface area contributed by atoms with E-state index in [2.05, 4.69) is 10.2 Å². The normalized spacial score (nSPS) is 23.5. The van der Waals surface area contributed by atoms with Crippen LogP contribution in [0, 0.1) is 5.92 Å². The lowest BCUT2D eigenvalue weighted by atomic mass is 9.78. The molecule has 1 aromatic rings. The van der Waals surface area contributed by atoms with E-state index in [9.17, 15) is 9.59 Å². The maximum Gasteiger partial charge on any atom is 0.252 e. The number of nitrogens with zero attached hydrogens (tertiary/aromatic N) is 1. The van der Waals surface area contributed by atoms with Gasteiger partial charge < -0.3 is 10.2 Å². The van der Waals surface area contributed by atoms with Gasteiger partial charge in [-0.2, -0.15) is 0 Å². The van der Waals surface area contributed by atoms with Gasteiger partial charge >= 0.3 is 0 Å². The van der Waals surface area contributed by atoms with Gasteiger partial charge in [-0.05, 0) is 43.7 Å². The number of likely N-dealkylation sites (tertiary alicyclic amines) is 1. The van der Waals surface area contributed by atoms with Gasteiger partial charge in [-0.1, -0.05) is 36.6 Å². The Morgan fingerprint density at radius 1 is 1.12 bits per heavy atom. The molecule has 4 nitrogen and oxygen atoms in total. The summed E-state index contributed by atoms with van der Waals surface area (Å²) in [5.74, 6) is 0.641. The Kier molecular flexibility index (Phi) is 5.77. The van der Waals surface area contributed by atoms with E-state index in [1.54, 1.807) is 24.3 Å². The van der Waals surface area contributed by atoms with Gasteiger partial charge in [0.2, 0.25) is 5.91 Å². The van der Waals surface area contributed by atoms with Crippen molar-refractivity contribution in [1.82, 2.24) is 10.2 Å². The minimum atomic E-state index is -0.220. The Morgan fingerprint density at radius 3 is 2.71 bits per heavy atom. The average molecular weight is 349 g/mol. The van der Waals surface area contributed by atoms with Crippen LogP contribution in [0.4, 0.5) is 0 Å². The summed E-state index contributed by atoms with van der Waals surface area (Å²) in [4.78, 5) is 26.8. The van der Waals surface area contributed by atoms with Crippen molar-refractivity contribution >= 4 is 23.4 Å². The van der Waals surface area contributed by atoms with E-state index < -0.39 is 0 Å². The molecule has 2 fully saturated rings. The second-order valence-electron chi connectivity index (χ2n) is 6.83. The molecule has 1 heterocycles. The summed E-state index contributed by atoms with van der Waals surface area (Å²) < 4.78 is 0. The molecule has 0 bridgehead atoms. The number of hydrogen-bond donors (Lipinski definition) is 1. The Labute approximate surface area is 148 Å². The summed E-state index contributed by atoms with van der Waals surface area (Å²) >= 11 is 6.02. The van der Waals surface area contributed by atoms with E-state index in [-0.39, 0.29) is 11.8 Å². The molecule has 3 rings (SSSR count). The summed E-state index contributed by atoms with van der Waals surface area (Å²) in [6, 6.07) is 7.39. The maximum atomic E-state index is 12.6. The number of nitrogens with one attached hydrogen (secondary N) is 1. The first kappa shape index (κ1) is 17.3. The van der Waals surface area contributed by atoms with E-state index in [4.69, 9.17) is 11.6 Å². The lowest BCUT2D eigenvalue weighted by Crippen LogP contribution is -2.50. The van der Waals surface area contributed by atoms with Crippen LogP contribution in [-0.2, 0) is 4.79 Å². The largest absolute Gasteiger partial charge is 0.351 e. The highest BCUT2D eigenvalue weighted by atomic mass is 35.5. The molecule has 1 saturated carbocycles. The number of amides is 2. The number of hydrogen-bond acceptors (Lipinski definition) is 2. The fourth-order valence-electron chi connectivity index (χ4n) is 4.10. The van der Waals surface area contributed by atoms with Crippen molar-refractivity contribution in [2.45, 2.75) is 51.0 Å². The fraction of sp³-hybridized carbons (Fsp3) is 0.579. The number of fused-ring (bicyclic) bond motifs is 1. The van der Waals surface area contributed by atoms with Gasteiger partial charge in [0.25, 0.3) is 5.91 Å². The van der Waals surface area contributed by atoms with Gasteiger partial charge in [-0.3, -0.25) is 9.59 Å². The van der Waals surface area contributed by atoms with Crippen LogP contribution in [0.25, 0.3) is 0 Å². The zero-order chi connectivity index (χ0) is 16.9. The van der Waals surface area contributed by atoms with Gasteiger partial charge in [-0.25, -0.2) is 0 Å². The number of carbonyl (C=O) groups is 2. The van der Waals surface area contributed by atoms with Crippen molar-refractivity contribution in [2.75, 3.05) is 13.1 Å². The molecule has 1 aromatic carbocycles. The van der Waals surface area contributed by atoms with Crippen LogP contribution in [0.3, 0.4) is 0 Å². The summed E-state index contributed by atoms with van der Waals surface area (Å²) in [6.07, 6.45) is 7.67. The lowest BCUT2D eigenvalue weighted by Gasteiger charge is -2.44. The van der Waals surface area contributed by atoms with Crippen LogP contribution >= 0.6 is 11.6 Å². The summed E-state index contributed by atoms with van der Waals surface area (Å²) in [7, 11) is 0. The predicted octanol–water partition coefficient (Wildman–Crippen LogP) is 3.64. The van der Waals surface area contributed by atoms with Crippen molar-refractivity contribution in [3.63, 3.8) is 0 Å². The standard InChI is InChI=1S/C19H25ClN2O2/c20-16-9-3-2-8-15(16)19(24)21-12-11-18(23)22-13-5-7-14-6-1-4-10-17(14)22/h2-3,8-9,14,17H,1,4-7,10-13H2,(H,21,24)/t14-,17+/m1/s1. The minimum absolute atomic E-state index is 0.172. The molecule has 1 N–H and O–H groups in total. The molecule has 2 amide bonds. The van der Waals surface area contributed by atoms with E-state index in [0.29, 0.717) is 35.5 Å². The maximum absolute atomic E-state index is 12.6. The van der Waals surface area contributed by atoms with E-state index in [1.165, 1.54) is 25.7 Å². The highest BCUT2D eigenvalue weighted by Crippen LogP contribution is 2.35. The molecule has 1 aliphatic heterocycles. The molecule has 0 radical (unpaired) electrons. The number of carbonyl (C=O) groups excluding carboxylic acids is 2. The third-order valence-electron chi connectivity index (χ3n) is 5.31. The number of halogens is 1. The van der Waals surface area contributed by atoms with Gasteiger partial charge in [-0.15, -0.1) is 0 Å². The lowest BCUT2D eigenvalue weighted by molar-refractivity contribution is -0.137. The van der Waals surface area contributed by atoms with Crippen LogP contribution < -0.4 is 5.32 Å². The Balaban J connectivity index is 1.50. The third-order valence-corrected chi connectivity index (χ3v) is 5.64. The molecule has 0 unspecified atom stereocenters. The van der Waals surface area contributed by atoms with Crippen LogP contribution in [-0.4, -0.2) is 35.8 Å². The van der Waals surface area contributed by atoms with Crippen LogP contribution in [0.2, 0.25) is 5.02 Å². The van der Waals surface area contributed by atoms with Crippen molar-refractivity contribution < 1.29 is 9.59 Å². The number of benzene rings is 1. The topological polar surface area (TPSA) is 49.4 Å². The second kappa shape index (κ2) is 8.02. The Hall–Kier alpha value is -1.55. The fourth-order valence-corrected chi connectivity index (χ4v) is 4.32. The Bertz CT molecular complexity index is 603. The minimum Gasteiger partial charge on any atom is -0.351 e. The zero-order valence-electron chi connectivity index (χ0n) is 14.0. The molecular formula is C19H25ClN2O2. The SMILES string of the molecule is O=C(NCCC(=O)N1CCC[C@H]2CCCC[C@@H]21)c1ccccc1Cl. The smallest absolute Gasteiger partial charge is 0.252 e. The van der Waals surface area contributed by atoms with Gasteiger partial charge in [0.1, 0.15) is 0 Å². The van der Waals surface area contributed by atoms with E-state index >= 15 is 0 Å². The van der Waals surface area contributed by atoms with Crippen LogP contribution in [0.5, 0.6) is 0 Å². The van der Waals surface area contributed by atoms with Crippen LogP contribution in [0.15, 0.2) is 24.3 Å². The third kappa shape index (κ3) is 3.92. The summed E-state index contributed by atoms with van der Waals surface area (Å²) in [6.45, 7) is 1.23. The molecule has 0 spiro atoms. The molecule has 5 heteroatoms. The van der Waals surface area contributed by atoms with Crippen molar-refractivity contribution in [2.24, 2.45) is 5.92 Å². The first-order valence-corrected chi connectivity index (χ1v) is 9.37. The van der Waals surface area contributed by atoms with Gasteiger partial charge in [0.15, 0.2) is 0 Å². The Morgan fingerprint density at radius 2 is 1.88 bits per heavy atom. The second-order valence-corrected chi connectivity index (χ2v) is 7.23. The summed E-state index contributed by atoms with van der Waals surface area (Å²) in [5, 5.41) is 3.24. The van der Waals surface area contributed by atoms with E-state index in [0.717, 1.165) is 19.4 Å². The molecule has 2 atom stereocenters.